The van der Waals surface area contributed by atoms with Gasteiger partial charge in [0, 0.05) is 22.0 Å². The maximum absolute atomic E-state index is 11.9. The summed E-state index contributed by atoms with van der Waals surface area (Å²) in [6, 6.07) is 27.0. The van der Waals surface area contributed by atoms with Gasteiger partial charge in [0.05, 0.1) is 11.7 Å². The zero-order valence-corrected chi connectivity index (χ0v) is 19.2. The molecular weight excluding hydrogens is 444 g/mol. The monoisotopic (exact) mass is 466 g/mol. The Morgan fingerprint density at radius 3 is 2.41 bits per heavy atom. The number of nitrogens with two attached hydrogens (primary N) is 1. The van der Waals surface area contributed by atoms with Gasteiger partial charge in [-0.2, -0.15) is 0 Å². The molecule has 7 heteroatoms. The van der Waals surface area contributed by atoms with E-state index in [-0.39, 0.29) is 11.7 Å². The minimum Gasteiger partial charge on any atom is -0.459 e. The zero-order valence-electron chi connectivity index (χ0n) is 18.4. The molecule has 5 aromatic rings. The summed E-state index contributed by atoms with van der Waals surface area (Å²) in [5.41, 5.74) is 9.06. The third kappa shape index (κ3) is 4.33. The Kier molecular flexibility index (Phi) is 5.69. The molecule has 168 valence electrons. The fourth-order valence-corrected chi connectivity index (χ4v) is 4.20. The van der Waals surface area contributed by atoms with Gasteiger partial charge in [-0.05, 0) is 54.9 Å². The van der Waals surface area contributed by atoms with Gasteiger partial charge in [-0.15, -0.1) is 0 Å². The van der Waals surface area contributed by atoms with E-state index >= 15 is 0 Å². The number of fused-ring (bicyclic) bond motifs is 2. The fourth-order valence-electron chi connectivity index (χ4n) is 3.91. The average molecular weight is 467 g/mol. The number of aromatic nitrogens is 1. The molecule has 1 atom stereocenters. The first-order valence-electron chi connectivity index (χ1n) is 10.8. The molecule has 3 aromatic carbocycles. The summed E-state index contributed by atoms with van der Waals surface area (Å²) in [4.78, 5) is 16.4. The smallest absolute Gasteiger partial charge is 0.267 e. The minimum absolute atomic E-state index is 0.0966. The molecule has 4 N–H and O–H groups in total. The normalized spacial score (nSPS) is 11.9. The van der Waals surface area contributed by atoms with Gasteiger partial charge in [0.2, 0.25) is 0 Å². The molecule has 0 aliphatic heterocycles. The molecule has 2 heterocycles. The highest BCUT2D eigenvalue weighted by molar-refractivity contribution is 7.80. The van der Waals surface area contributed by atoms with Crippen molar-refractivity contribution in [2.75, 3.05) is 5.32 Å². The molecule has 0 aliphatic carbocycles. The molecule has 1 unspecified atom stereocenters. The van der Waals surface area contributed by atoms with E-state index in [4.69, 9.17) is 22.4 Å². The number of benzene rings is 3. The number of carbonyl (C=O) groups excluding carboxylic acids is 1. The van der Waals surface area contributed by atoms with Crippen LogP contribution in [0.1, 0.15) is 29.2 Å². The maximum Gasteiger partial charge on any atom is 0.267 e. The summed E-state index contributed by atoms with van der Waals surface area (Å²) in [6.45, 7) is 2.00. The lowest BCUT2D eigenvalue weighted by molar-refractivity contribution is 0.0997. The summed E-state index contributed by atoms with van der Waals surface area (Å²) >= 11 is 5.49. The number of furan rings is 1. The minimum atomic E-state index is -0.550. The molecule has 0 radical (unpaired) electrons. The summed E-state index contributed by atoms with van der Waals surface area (Å²) in [5.74, 6) is 0.264. The van der Waals surface area contributed by atoms with Gasteiger partial charge in [0.25, 0.3) is 5.91 Å². The summed E-state index contributed by atoms with van der Waals surface area (Å²) < 4.78 is 5.91. The van der Waals surface area contributed by atoms with Crippen LogP contribution in [-0.4, -0.2) is 16.0 Å². The van der Waals surface area contributed by atoms with E-state index in [2.05, 4.69) is 15.6 Å². The highest BCUT2D eigenvalue weighted by atomic mass is 32.1. The Morgan fingerprint density at radius 2 is 1.68 bits per heavy atom. The van der Waals surface area contributed by atoms with Crippen molar-refractivity contribution in [3.05, 3.63) is 96.4 Å². The number of pyridine rings is 1. The summed E-state index contributed by atoms with van der Waals surface area (Å²) in [7, 11) is 0. The molecule has 5 rings (SSSR count). The van der Waals surface area contributed by atoms with E-state index in [0.29, 0.717) is 10.8 Å². The molecule has 0 spiro atoms. The molecule has 1 amide bonds. The first kappa shape index (κ1) is 21.6. The Morgan fingerprint density at radius 1 is 0.971 bits per heavy atom. The van der Waals surface area contributed by atoms with Crippen molar-refractivity contribution in [1.82, 2.24) is 10.3 Å². The van der Waals surface area contributed by atoms with E-state index < -0.39 is 5.91 Å². The van der Waals surface area contributed by atoms with Gasteiger partial charge in [-0.1, -0.05) is 54.6 Å². The standard InChI is InChI=1S/C27H22N4O2S/c1-16(24-15-19-7-3-5-9-23(19)33-24)29-27(34)30-20-12-10-17(11-13-20)22-14-18-6-2-4-8-21(18)25(31-22)26(28)32/h2-16H,1H3,(H2,28,32)(H2,29,30,34). The Balaban J connectivity index is 1.30. The van der Waals surface area contributed by atoms with Gasteiger partial charge >= 0.3 is 0 Å². The lowest BCUT2D eigenvalue weighted by Gasteiger charge is -2.15. The molecular formula is C27H22N4O2S. The SMILES string of the molecule is CC(NC(=S)Nc1ccc(-c2cc3ccccc3c(C(N)=O)n2)cc1)c1cc2ccccc2o1. The third-order valence-corrected chi connectivity index (χ3v) is 5.85. The molecule has 0 saturated carbocycles. The Labute approximate surface area is 201 Å². The van der Waals surface area contributed by atoms with Crippen molar-refractivity contribution in [2.45, 2.75) is 13.0 Å². The lowest BCUT2D eigenvalue weighted by Crippen LogP contribution is -2.30. The fraction of sp³-hybridized carbons (Fsp3) is 0.0741. The first-order chi connectivity index (χ1) is 16.5. The number of nitrogens with one attached hydrogen (secondary N) is 2. The van der Waals surface area contributed by atoms with E-state index in [1.165, 1.54) is 0 Å². The van der Waals surface area contributed by atoms with Gasteiger partial charge in [0.1, 0.15) is 17.0 Å². The average Bonchev–Trinajstić information content (AvgIpc) is 3.28. The Bertz CT molecular complexity index is 1490. The lowest BCUT2D eigenvalue weighted by atomic mass is 10.0. The van der Waals surface area contributed by atoms with Crippen LogP contribution in [0.25, 0.3) is 33.0 Å². The predicted octanol–water partition coefficient (Wildman–Crippen LogP) is 5.79. The van der Waals surface area contributed by atoms with E-state index in [1.54, 1.807) is 0 Å². The summed E-state index contributed by atoms with van der Waals surface area (Å²) in [5, 5.41) is 9.65. The molecule has 34 heavy (non-hydrogen) atoms. The highest BCUT2D eigenvalue weighted by Crippen LogP contribution is 2.26. The number of thiocarbonyl (C=S) groups is 1. The first-order valence-corrected chi connectivity index (χ1v) is 11.2. The molecule has 0 aliphatic rings. The van der Waals surface area contributed by atoms with Crippen LogP contribution in [0.15, 0.2) is 89.3 Å². The number of amides is 1. The van der Waals surface area contributed by atoms with Gasteiger partial charge in [0.15, 0.2) is 5.11 Å². The van der Waals surface area contributed by atoms with Crippen molar-refractivity contribution in [3.63, 3.8) is 0 Å². The maximum atomic E-state index is 11.9. The molecule has 0 fully saturated rings. The van der Waals surface area contributed by atoms with Gasteiger partial charge < -0.3 is 20.8 Å². The number of hydrogen-bond acceptors (Lipinski definition) is 4. The second-order valence-corrected chi connectivity index (χ2v) is 8.43. The second kappa shape index (κ2) is 8.96. The van der Waals surface area contributed by atoms with E-state index in [1.807, 2.05) is 91.9 Å². The number of hydrogen-bond donors (Lipinski definition) is 3. The molecule has 6 nitrogen and oxygen atoms in total. The number of para-hydroxylation sites is 1. The van der Waals surface area contributed by atoms with Crippen LogP contribution in [0, 0.1) is 0 Å². The van der Waals surface area contributed by atoms with Crippen LogP contribution in [0.2, 0.25) is 0 Å². The van der Waals surface area contributed by atoms with Crippen molar-refractivity contribution in [2.24, 2.45) is 5.73 Å². The van der Waals surface area contributed by atoms with Crippen molar-refractivity contribution in [3.8, 4) is 11.3 Å². The van der Waals surface area contributed by atoms with Crippen LogP contribution >= 0.6 is 12.2 Å². The number of carbonyl (C=O) groups is 1. The van der Waals surface area contributed by atoms with Crippen molar-refractivity contribution >= 4 is 50.7 Å². The van der Waals surface area contributed by atoms with E-state index in [0.717, 1.165) is 38.8 Å². The van der Waals surface area contributed by atoms with E-state index in [9.17, 15) is 4.79 Å². The topological polar surface area (TPSA) is 93.2 Å². The van der Waals surface area contributed by atoms with Crippen LogP contribution < -0.4 is 16.4 Å². The third-order valence-electron chi connectivity index (χ3n) is 5.63. The van der Waals surface area contributed by atoms with Crippen LogP contribution in [0.5, 0.6) is 0 Å². The van der Waals surface area contributed by atoms with Crippen LogP contribution in [0.3, 0.4) is 0 Å². The largest absolute Gasteiger partial charge is 0.459 e. The van der Waals surface area contributed by atoms with Crippen LogP contribution in [0.4, 0.5) is 5.69 Å². The Hall–Kier alpha value is -4.23. The highest BCUT2D eigenvalue weighted by Gasteiger charge is 2.14. The van der Waals surface area contributed by atoms with Gasteiger partial charge in [-0.3, -0.25) is 4.79 Å². The second-order valence-electron chi connectivity index (χ2n) is 8.03. The zero-order chi connectivity index (χ0) is 23.7. The number of rotatable bonds is 5. The summed E-state index contributed by atoms with van der Waals surface area (Å²) in [6.07, 6.45) is 0. The molecule has 2 aromatic heterocycles. The van der Waals surface area contributed by atoms with Crippen molar-refractivity contribution < 1.29 is 9.21 Å². The number of primary amides is 1. The molecule has 0 saturated heterocycles. The van der Waals surface area contributed by atoms with Crippen molar-refractivity contribution in [1.29, 1.82) is 0 Å². The quantitative estimate of drug-likeness (QED) is 0.284. The number of anilines is 1. The van der Waals surface area contributed by atoms with Gasteiger partial charge in [-0.25, -0.2) is 4.98 Å². The predicted molar refractivity (Wildman–Crippen MR) is 140 cm³/mol. The molecule has 0 bridgehead atoms. The number of nitrogens with zero attached hydrogens (tertiary/aromatic N) is 1. The van der Waals surface area contributed by atoms with Crippen LogP contribution in [-0.2, 0) is 0 Å².